The Bertz CT molecular complexity index is 414. The highest BCUT2D eigenvalue weighted by Gasteiger charge is 2.20. The minimum absolute atomic E-state index is 0.0913. The zero-order valence-electron chi connectivity index (χ0n) is 9.42. The molecule has 0 amide bonds. The maximum absolute atomic E-state index is 11.8. The molecule has 2 rings (SSSR count). The standard InChI is InChI=1S/C13H14Cl2O2/c14-10-3-4-11(12(15)7-10)13(16)8-17-6-5-9-1-2-9/h3-4,7,9H,1-2,5-6,8H2. The molecule has 0 unspecified atom stereocenters. The Kier molecular flexibility index (Phi) is 4.43. The molecular formula is C13H14Cl2O2. The Morgan fingerprint density at radius 3 is 2.76 bits per heavy atom. The van der Waals surface area contributed by atoms with Crippen molar-refractivity contribution in [2.24, 2.45) is 5.92 Å². The number of benzene rings is 1. The molecule has 1 fully saturated rings. The number of ether oxygens (including phenoxy) is 1. The van der Waals surface area contributed by atoms with E-state index >= 15 is 0 Å². The quantitative estimate of drug-likeness (QED) is 0.578. The van der Waals surface area contributed by atoms with Crippen LogP contribution in [0.2, 0.25) is 10.0 Å². The van der Waals surface area contributed by atoms with Gasteiger partial charge in [0.25, 0.3) is 0 Å². The van der Waals surface area contributed by atoms with Crippen molar-refractivity contribution in [3.05, 3.63) is 33.8 Å². The van der Waals surface area contributed by atoms with E-state index in [0.29, 0.717) is 22.2 Å². The van der Waals surface area contributed by atoms with Gasteiger partial charge in [0.1, 0.15) is 6.61 Å². The maximum atomic E-state index is 11.8. The summed E-state index contributed by atoms with van der Waals surface area (Å²) in [5, 5.41) is 0.912. The summed E-state index contributed by atoms with van der Waals surface area (Å²) in [6, 6.07) is 4.86. The summed E-state index contributed by atoms with van der Waals surface area (Å²) in [7, 11) is 0. The van der Waals surface area contributed by atoms with Crippen molar-refractivity contribution in [3.63, 3.8) is 0 Å². The minimum atomic E-state index is -0.0949. The number of ketones is 1. The lowest BCUT2D eigenvalue weighted by Crippen LogP contribution is -2.10. The molecule has 1 saturated carbocycles. The van der Waals surface area contributed by atoms with Crippen LogP contribution in [0.15, 0.2) is 18.2 Å². The Hall–Kier alpha value is -0.570. The number of carbonyl (C=O) groups is 1. The summed E-state index contributed by atoms with van der Waals surface area (Å²) in [5.41, 5.74) is 0.475. The van der Waals surface area contributed by atoms with Gasteiger partial charge in [0.05, 0.1) is 5.02 Å². The van der Waals surface area contributed by atoms with Gasteiger partial charge in [-0.1, -0.05) is 36.0 Å². The predicted octanol–water partition coefficient (Wildman–Crippen LogP) is 3.99. The second kappa shape index (κ2) is 5.85. The smallest absolute Gasteiger partial charge is 0.189 e. The van der Waals surface area contributed by atoms with E-state index in [-0.39, 0.29) is 12.4 Å². The van der Waals surface area contributed by atoms with Gasteiger partial charge in [0.2, 0.25) is 0 Å². The highest BCUT2D eigenvalue weighted by atomic mass is 35.5. The third-order valence-electron chi connectivity index (χ3n) is 2.83. The molecule has 92 valence electrons. The van der Waals surface area contributed by atoms with E-state index in [1.54, 1.807) is 18.2 Å². The minimum Gasteiger partial charge on any atom is -0.373 e. The summed E-state index contributed by atoms with van der Waals surface area (Å²) in [4.78, 5) is 11.8. The fourth-order valence-corrected chi connectivity index (χ4v) is 2.13. The molecular weight excluding hydrogens is 259 g/mol. The van der Waals surface area contributed by atoms with Crippen LogP contribution in [0.3, 0.4) is 0 Å². The molecule has 0 aromatic heterocycles. The van der Waals surface area contributed by atoms with E-state index in [0.717, 1.165) is 12.3 Å². The Balaban J connectivity index is 1.81. The fraction of sp³-hybridized carbons (Fsp3) is 0.462. The summed E-state index contributed by atoms with van der Waals surface area (Å²) in [6.45, 7) is 0.746. The van der Waals surface area contributed by atoms with E-state index in [1.165, 1.54) is 12.8 Å². The van der Waals surface area contributed by atoms with Gasteiger partial charge in [0.15, 0.2) is 5.78 Å². The highest BCUT2D eigenvalue weighted by Crippen LogP contribution is 2.32. The van der Waals surface area contributed by atoms with E-state index in [4.69, 9.17) is 27.9 Å². The molecule has 1 aromatic rings. The molecule has 0 N–H and O–H groups in total. The van der Waals surface area contributed by atoms with Crippen LogP contribution >= 0.6 is 23.2 Å². The second-order valence-corrected chi connectivity index (χ2v) is 5.18. The van der Waals surface area contributed by atoms with E-state index in [2.05, 4.69) is 0 Å². The van der Waals surface area contributed by atoms with Gasteiger partial charge in [-0.25, -0.2) is 0 Å². The SMILES string of the molecule is O=C(COCCC1CC1)c1ccc(Cl)cc1Cl. The van der Waals surface area contributed by atoms with Crippen LogP contribution in [-0.4, -0.2) is 19.0 Å². The van der Waals surface area contributed by atoms with Crippen molar-refractivity contribution in [1.82, 2.24) is 0 Å². The summed E-state index contributed by atoms with van der Waals surface area (Å²) in [6.07, 6.45) is 3.67. The van der Waals surface area contributed by atoms with E-state index in [1.807, 2.05) is 0 Å². The average molecular weight is 273 g/mol. The molecule has 0 spiro atoms. The topological polar surface area (TPSA) is 26.3 Å². The summed E-state index contributed by atoms with van der Waals surface area (Å²) < 4.78 is 5.34. The molecule has 1 aliphatic rings. The molecule has 0 heterocycles. The highest BCUT2D eigenvalue weighted by molar-refractivity contribution is 6.36. The fourth-order valence-electron chi connectivity index (χ4n) is 1.61. The van der Waals surface area contributed by atoms with Crippen LogP contribution in [0.1, 0.15) is 29.6 Å². The van der Waals surface area contributed by atoms with Crippen LogP contribution in [0, 0.1) is 5.92 Å². The van der Waals surface area contributed by atoms with Crippen molar-refractivity contribution < 1.29 is 9.53 Å². The van der Waals surface area contributed by atoms with Crippen LogP contribution < -0.4 is 0 Å². The summed E-state index contributed by atoms with van der Waals surface area (Å²) in [5.74, 6) is 0.728. The summed E-state index contributed by atoms with van der Waals surface area (Å²) >= 11 is 11.7. The first-order chi connectivity index (χ1) is 8.16. The molecule has 17 heavy (non-hydrogen) atoms. The van der Waals surface area contributed by atoms with E-state index in [9.17, 15) is 4.79 Å². The van der Waals surface area contributed by atoms with Crippen LogP contribution in [0.25, 0.3) is 0 Å². The van der Waals surface area contributed by atoms with Crippen LogP contribution in [0.4, 0.5) is 0 Å². The molecule has 4 heteroatoms. The Morgan fingerprint density at radius 1 is 1.35 bits per heavy atom. The zero-order valence-corrected chi connectivity index (χ0v) is 10.9. The molecule has 1 aromatic carbocycles. The molecule has 0 aliphatic heterocycles. The lowest BCUT2D eigenvalue weighted by molar-refractivity contribution is 0.0749. The van der Waals surface area contributed by atoms with Crippen LogP contribution in [-0.2, 0) is 4.74 Å². The van der Waals surface area contributed by atoms with Crippen molar-refractivity contribution in [3.8, 4) is 0 Å². The van der Waals surface area contributed by atoms with Gasteiger partial charge in [-0.3, -0.25) is 4.79 Å². The largest absolute Gasteiger partial charge is 0.373 e. The molecule has 2 nitrogen and oxygen atoms in total. The third-order valence-corrected chi connectivity index (χ3v) is 3.38. The van der Waals surface area contributed by atoms with Gasteiger partial charge in [-0.2, -0.15) is 0 Å². The first kappa shape index (κ1) is 12.9. The number of rotatable bonds is 6. The monoisotopic (exact) mass is 272 g/mol. The number of Topliss-reactive ketones (excluding diaryl/α,β-unsaturated/α-hetero) is 1. The van der Waals surface area contributed by atoms with Crippen molar-refractivity contribution in [1.29, 1.82) is 0 Å². The van der Waals surface area contributed by atoms with E-state index < -0.39 is 0 Å². The lowest BCUT2D eigenvalue weighted by Gasteiger charge is -2.05. The number of halogens is 2. The van der Waals surface area contributed by atoms with Gasteiger partial charge in [-0.05, 0) is 30.5 Å². The average Bonchev–Trinajstić information content (AvgIpc) is 3.08. The van der Waals surface area contributed by atoms with Gasteiger partial charge in [0, 0.05) is 17.2 Å². The van der Waals surface area contributed by atoms with Gasteiger partial charge in [-0.15, -0.1) is 0 Å². The van der Waals surface area contributed by atoms with Crippen molar-refractivity contribution >= 4 is 29.0 Å². The Morgan fingerprint density at radius 2 is 2.12 bits per heavy atom. The normalized spacial score (nSPS) is 14.9. The van der Waals surface area contributed by atoms with Gasteiger partial charge >= 0.3 is 0 Å². The molecule has 0 saturated heterocycles. The lowest BCUT2D eigenvalue weighted by atomic mass is 10.1. The van der Waals surface area contributed by atoms with Gasteiger partial charge < -0.3 is 4.74 Å². The molecule has 0 bridgehead atoms. The maximum Gasteiger partial charge on any atom is 0.189 e. The third kappa shape index (κ3) is 3.98. The molecule has 0 radical (unpaired) electrons. The van der Waals surface area contributed by atoms with Crippen molar-refractivity contribution in [2.75, 3.05) is 13.2 Å². The predicted molar refractivity (Wildman–Crippen MR) is 69.0 cm³/mol. The number of carbonyl (C=O) groups excluding carboxylic acids is 1. The molecule has 1 aliphatic carbocycles. The number of hydrogen-bond donors (Lipinski definition) is 0. The second-order valence-electron chi connectivity index (χ2n) is 4.33. The Labute approximate surface area is 111 Å². The first-order valence-corrected chi connectivity index (χ1v) is 6.48. The van der Waals surface area contributed by atoms with Crippen molar-refractivity contribution in [2.45, 2.75) is 19.3 Å². The number of hydrogen-bond acceptors (Lipinski definition) is 2. The van der Waals surface area contributed by atoms with Crippen LogP contribution in [0.5, 0.6) is 0 Å². The zero-order chi connectivity index (χ0) is 12.3. The first-order valence-electron chi connectivity index (χ1n) is 5.73. The molecule has 0 atom stereocenters.